The average Bonchev–Trinajstić information content (AvgIpc) is 3.30. The summed E-state index contributed by atoms with van der Waals surface area (Å²) < 4.78 is 13.5. The normalized spacial score (nSPS) is 16.7. The average molecular weight is 306 g/mol. The number of rotatable bonds is 7. The Kier molecular flexibility index (Phi) is 5.16. The van der Waals surface area contributed by atoms with Crippen molar-refractivity contribution >= 4 is 11.8 Å². The highest BCUT2D eigenvalue weighted by Gasteiger charge is 2.56. The van der Waals surface area contributed by atoms with E-state index in [9.17, 15) is 14.0 Å². The summed E-state index contributed by atoms with van der Waals surface area (Å²) in [5.41, 5.74) is -0.338. The Balaban J connectivity index is 1.84. The molecule has 1 aliphatic rings. The highest BCUT2D eigenvalue weighted by molar-refractivity contribution is 6.07. The third-order valence-corrected chi connectivity index (χ3v) is 4.25. The first-order valence-electron chi connectivity index (χ1n) is 7.82. The second-order valence-corrected chi connectivity index (χ2v) is 5.96. The van der Waals surface area contributed by atoms with Crippen molar-refractivity contribution in [2.75, 3.05) is 6.54 Å². The number of nitrogens with one attached hydrogen (secondary N) is 2. The first-order valence-corrected chi connectivity index (χ1v) is 7.82. The van der Waals surface area contributed by atoms with Crippen LogP contribution in [0.3, 0.4) is 0 Å². The van der Waals surface area contributed by atoms with Crippen LogP contribution in [0.15, 0.2) is 24.3 Å². The highest BCUT2D eigenvalue weighted by atomic mass is 19.1. The molecule has 1 aromatic rings. The van der Waals surface area contributed by atoms with Crippen molar-refractivity contribution in [1.29, 1.82) is 0 Å². The maximum absolute atomic E-state index is 13.5. The number of halogens is 1. The molecule has 2 rings (SSSR count). The van der Waals surface area contributed by atoms with E-state index >= 15 is 0 Å². The maximum atomic E-state index is 13.5. The van der Waals surface area contributed by atoms with Gasteiger partial charge in [0.05, 0.1) is 0 Å². The molecule has 0 saturated heterocycles. The molecule has 1 saturated carbocycles. The Morgan fingerprint density at radius 3 is 2.55 bits per heavy atom. The van der Waals surface area contributed by atoms with E-state index in [0.29, 0.717) is 31.4 Å². The Hall–Kier alpha value is -1.91. The molecule has 1 fully saturated rings. The van der Waals surface area contributed by atoms with Crippen LogP contribution in [-0.2, 0) is 16.0 Å². The van der Waals surface area contributed by atoms with Gasteiger partial charge in [-0.3, -0.25) is 9.59 Å². The summed E-state index contributed by atoms with van der Waals surface area (Å²) in [4.78, 5) is 24.4. The summed E-state index contributed by atoms with van der Waals surface area (Å²) in [5, 5.41) is 5.64. The maximum Gasteiger partial charge on any atom is 0.235 e. The Morgan fingerprint density at radius 1 is 1.27 bits per heavy atom. The molecule has 1 atom stereocenters. The van der Waals surface area contributed by atoms with Crippen LogP contribution in [0.2, 0.25) is 0 Å². The lowest BCUT2D eigenvalue weighted by Gasteiger charge is -2.18. The van der Waals surface area contributed by atoms with Crippen LogP contribution in [-0.4, -0.2) is 24.4 Å². The summed E-state index contributed by atoms with van der Waals surface area (Å²) in [5.74, 6) is -0.706. The van der Waals surface area contributed by atoms with Gasteiger partial charge in [-0.2, -0.15) is 0 Å². The van der Waals surface area contributed by atoms with Crippen LogP contribution in [0, 0.1) is 11.2 Å². The fourth-order valence-corrected chi connectivity index (χ4v) is 2.33. The Bertz CT molecular complexity index is 555. The third-order valence-electron chi connectivity index (χ3n) is 4.25. The minimum absolute atomic E-state index is 0.0659. The summed E-state index contributed by atoms with van der Waals surface area (Å²) in [6, 6.07) is 6.57. The van der Waals surface area contributed by atoms with Gasteiger partial charge in [0.25, 0.3) is 0 Å². The minimum Gasteiger partial charge on any atom is -0.355 e. The summed E-state index contributed by atoms with van der Waals surface area (Å²) in [6.45, 7) is 4.24. The number of amides is 2. The monoisotopic (exact) mass is 306 g/mol. The highest BCUT2D eigenvalue weighted by Crippen LogP contribution is 2.46. The number of hydrogen-bond donors (Lipinski definition) is 2. The van der Waals surface area contributed by atoms with Gasteiger partial charge in [0.15, 0.2) is 0 Å². The lowest BCUT2D eigenvalue weighted by atomic mass is 10.0. The lowest BCUT2D eigenvalue weighted by Crippen LogP contribution is -2.46. The van der Waals surface area contributed by atoms with Crippen LogP contribution in [0.25, 0.3) is 0 Å². The number of benzene rings is 1. The van der Waals surface area contributed by atoms with E-state index < -0.39 is 5.41 Å². The fraction of sp³-hybridized carbons (Fsp3) is 0.529. The number of carbonyl (C=O) groups is 2. The largest absolute Gasteiger partial charge is 0.355 e. The first kappa shape index (κ1) is 16.5. The van der Waals surface area contributed by atoms with Gasteiger partial charge < -0.3 is 10.6 Å². The van der Waals surface area contributed by atoms with E-state index in [0.717, 1.165) is 6.42 Å². The van der Waals surface area contributed by atoms with E-state index in [1.54, 1.807) is 18.2 Å². The molecule has 1 aliphatic carbocycles. The molecule has 0 heterocycles. The molecule has 0 bridgehead atoms. The Morgan fingerprint density at radius 2 is 1.95 bits per heavy atom. The van der Waals surface area contributed by atoms with Gasteiger partial charge in [0, 0.05) is 12.6 Å². The molecule has 4 nitrogen and oxygen atoms in total. The zero-order chi connectivity index (χ0) is 16.2. The van der Waals surface area contributed by atoms with Crippen molar-refractivity contribution in [3.63, 3.8) is 0 Å². The molecular weight excluding hydrogens is 283 g/mol. The smallest absolute Gasteiger partial charge is 0.235 e. The quantitative estimate of drug-likeness (QED) is 0.759. The fourth-order valence-electron chi connectivity index (χ4n) is 2.33. The van der Waals surface area contributed by atoms with Crippen molar-refractivity contribution in [2.45, 2.75) is 45.6 Å². The molecule has 120 valence electrons. The molecule has 22 heavy (non-hydrogen) atoms. The van der Waals surface area contributed by atoms with Crippen LogP contribution >= 0.6 is 0 Å². The van der Waals surface area contributed by atoms with E-state index in [4.69, 9.17) is 0 Å². The number of hydrogen-bond acceptors (Lipinski definition) is 2. The molecule has 0 radical (unpaired) electrons. The predicted molar refractivity (Wildman–Crippen MR) is 82.7 cm³/mol. The number of carbonyl (C=O) groups excluding carboxylic acids is 2. The second kappa shape index (κ2) is 6.90. The lowest BCUT2D eigenvalue weighted by molar-refractivity contribution is -0.137. The molecule has 0 aliphatic heterocycles. The second-order valence-electron chi connectivity index (χ2n) is 5.96. The molecule has 5 heteroatoms. The van der Waals surface area contributed by atoms with Crippen molar-refractivity contribution in [3.8, 4) is 0 Å². The van der Waals surface area contributed by atoms with Crippen molar-refractivity contribution in [2.24, 2.45) is 5.41 Å². The topological polar surface area (TPSA) is 58.2 Å². The third kappa shape index (κ3) is 3.64. The zero-order valence-electron chi connectivity index (χ0n) is 13.1. The van der Waals surface area contributed by atoms with Crippen molar-refractivity contribution < 1.29 is 14.0 Å². The van der Waals surface area contributed by atoms with Gasteiger partial charge in [0.2, 0.25) is 11.8 Å². The van der Waals surface area contributed by atoms with E-state index in [2.05, 4.69) is 10.6 Å². The van der Waals surface area contributed by atoms with Crippen LogP contribution in [0.4, 0.5) is 4.39 Å². The van der Waals surface area contributed by atoms with Crippen LogP contribution < -0.4 is 10.6 Å². The van der Waals surface area contributed by atoms with Gasteiger partial charge in [0.1, 0.15) is 11.2 Å². The van der Waals surface area contributed by atoms with E-state index in [-0.39, 0.29) is 23.7 Å². The predicted octanol–water partition coefficient (Wildman–Crippen LogP) is 2.18. The molecule has 0 aromatic heterocycles. The SMILES string of the molecule is CCC(C)NC(=O)C1(C(=O)NCCc2ccccc2F)CC1. The summed E-state index contributed by atoms with van der Waals surface area (Å²) in [7, 11) is 0. The zero-order valence-corrected chi connectivity index (χ0v) is 13.1. The van der Waals surface area contributed by atoms with Crippen molar-refractivity contribution in [3.05, 3.63) is 35.6 Å². The Labute approximate surface area is 130 Å². The van der Waals surface area contributed by atoms with Crippen LogP contribution in [0.5, 0.6) is 0 Å². The molecule has 1 unspecified atom stereocenters. The van der Waals surface area contributed by atoms with Gasteiger partial charge in [-0.25, -0.2) is 4.39 Å². The minimum atomic E-state index is -0.904. The van der Waals surface area contributed by atoms with E-state index in [1.807, 2.05) is 13.8 Å². The molecular formula is C17H23FN2O2. The summed E-state index contributed by atoms with van der Waals surface area (Å²) in [6.07, 6.45) is 2.42. The van der Waals surface area contributed by atoms with Gasteiger partial charge in [-0.1, -0.05) is 25.1 Å². The van der Waals surface area contributed by atoms with Crippen LogP contribution in [0.1, 0.15) is 38.7 Å². The standard InChI is InChI=1S/C17H23FN2O2/c1-3-12(2)20-16(22)17(9-10-17)15(21)19-11-8-13-6-4-5-7-14(13)18/h4-7,12H,3,8-11H2,1-2H3,(H,19,21)(H,20,22). The molecule has 0 spiro atoms. The van der Waals surface area contributed by atoms with Gasteiger partial charge >= 0.3 is 0 Å². The van der Waals surface area contributed by atoms with Gasteiger partial charge in [-0.05, 0) is 44.2 Å². The molecule has 2 amide bonds. The van der Waals surface area contributed by atoms with Gasteiger partial charge in [-0.15, -0.1) is 0 Å². The summed E-state index contributed by atoms with van der Waals surface area (Å²) >= 11 is 0. The van der Waals surface area contributed by atoms with E-state index in [1.165, 1.54) is 6.07 Å². The first-order chi connectivity index (χ1) is 10.5. The molecule has 1 aromatic carbocycles. The van der Waals surface area contributed by atoms with Crippen molar-refractivity contribution in [1.82, 2.24) is 10.6 Å². The molecule has 2 N–H and O–H groups in total.